The molecule has 0 aromatic heterocycles. The molecule has 0 N–H and O–H groups in total. The number of ether oxygens (including phenoxy) is 5. The van der Waals surface area contributed by atoms with Gasteiger partial charge in [0.25, 0.3) is 0 Å². The zero-order chi connectivity index (χ0) is 51.5. The van der Waals surface area contributed by atoms with Gasteiger partial charge in [0.15, 0.2) is 18.3 Å². The van der Waals surface area contributed by atoms with Crippen molar-refractivity contribution < 1.29 is 42.9 Å². The van der Waals surface area contributed by atoms with Crippen molar-refractivity contribution in [1.82, 2.24) is 0 Å². The van der Waals surface area contributed by atoms with E-state index >= 15 is 0 Å². The number of rotatable bonds is 53. The third kappa shape index (κ3) is 41.8. The molecule has 0 bridgehead atoms. The van der Waals surface area contributed by atoms with E-state index in [0.717, 1.165) is 77.0 Å². The zero-order valence-electron chi connectivity index (χ0n) is 47.3. The van der Waals surface area contributed by atoms with Gasteiger partial charge in [-0.3, -0.25) is 19.2 Å². The predicted molar refractivity (Wildman–Crippen MR) is 295 cm³/mol. The van der Waals surface area contributed by atoms with E-state index in [1.54, 1.807) is 0 Å². The molecule has 0 radical (unpaired) electrons. The number of carbonyl (C=O) groups is 4. The molecule has 0 aromatic rings. The molecule has 1 aliphatic rings. The van der Waals surface area contributed by atoms with E-state index in [2.05, 4.69) is 27.7 Å². The Morgan fingerprint density at radius 2 is 0.549 bits per heavy atom. The van der Waals surface area contributed by atoms with Gasteiger partial charge in [-0.25, -0.2) is 0 Å². The predicted octanol–water partition coefficient (Wildman–Crippen LogP) is 18.5. The molecule has 1 fully saturated rings. The number of unbranched alkanes of at least 4 members (excludes halogenated alkanes) is 40. The van der Waals surface area contributed by atoms with Crippen LogP contribution in [0.4, 0.5) is 0 Å². The van der Waals surface area contributed by atoms with Crippen LogP contribution in [-0.4, -0.2) is 61.5 Å². The fourth-order valence-electron chi connectivity index (χ4n) is 9.99. The van der Waals surface area contributed by atoms with E-state index in [9.17, 15) is 19.2 Å². The first-order chi connectivity index (χ1) is 34.9. The van der Waals surface area contributed by atoms with E-state index in [4.69, 9.17) is 23.7 Å². The normalized spacial score (nSPS) is 16.8. The van der Waals surface area contributed by atoms with Crippen LogP contribution in [0.3, 0.4) is 0 Å². The van der Waals surface area contributed by atoms with Crippen LogP contribution in [-0.2, 0) is 42.9 Å². The standard InChI is InChI=1S/C62H116O9/c1-5-9-13-17-21-25-29-33-37-41-45-49-57(63)68-53-55-61(70-59(65)51-47-43-39-35-31-27-23-19-15-11-7-3)62(71-60(66)52-48-44-40-36-32-28-24-20-16-12-8-4)56(54-67-55)69-58(64)50-46-42-38-34-30-26-22-18-14-10-6-2/h55-56,61-62H,5-54H2,1-4H3/t55-,56-,61-,62-/m1/s1. The Morgan fingerprint density at radius 3 is 0.845 bits per heavy atom. The van der Waals surface area contributed by atoms with Crippen molar-refractivity contribution in [1.29, 1.82) is 0 Å². The molecule has 0 spiro atoms. The Bertz CT molecular complexity index is 1210. The molecule has 1 heterocycles. The lowest BCUT2D eigenvalue weighted by Gasteiger charge is -2.40. The maximum Gasteiger partial charge on any atom is 0.306 e. The van der Waals surface area contributed by atoms with Gasteiger partial charge in [-0.15, -0.1) is 0 Å². The summed E-state index contributed by atoms with van der Waals surface area (Å²) in [6.45, 7) is 8.81. The molecule has 1 rings (SSSR count). The summed E-state index contributed by atoms with van der Waals surface area (Å²) < 4.78 is 30.5. The van der Waals surface area contributed by atoms with Gasteiger partial charge < -0.3 is 23.7 Å². The zero-order valence-corrected chi connectivity index (χ0v) is 47.3. The number of esters is 4. The average molecular weight is 1010 g/mol. The van der Waals surface area contributed by atoms with Crippen LogP contribution in [0.5, 0.6) is 0 Å². The topological polar surface area (TPSA) is 114 Å². The second kappa shape index (κ2) is 51.3. The summed E-state index contributed by atoms with van der Waals surface area (Å²) in [6.07, 6.45) is 49.0. The third-order valence-corrected chi connectivity index (χ3v) is 14.7. The van der Waals surface area contributed by atoms with Crippen LogP contribution in [0.15, 0.2) is 0 Å². The van der Waals surface area contributed by atoms with Crippen LogP contribution >= 0.6 is 0 Å². The smallest absolute Gasteiger partial charge is 0.306 e. The molecule has 71 heavy (non-hydrogen) atoms. The van der Waals surface area contributed by atoms with Crippen molar-refractivity contribution in [3.63, 3.8) is 0 Å². The van der Waals surface area contributed by atoms with Crippen LogP contribution in [0, 0.1) is 0 Å². The molecule has 0 amide bonds. The van der Waals surface area contributed by atoms with Crippen molar-refractivity contribution >= 4 is 23.9 Å². The van der Waals surface area contributed by atoms with Gasteiger partial charge in [0.1, 0.15) is 12.7 Å². The highest BCUT2D eigenvalue weighted by atomic mass is 16.7. The molecule has 1 aliphatic heterocycles. The molecule has 4 atom stereocenters. The van der Waals surface area contributed by atoms with Gasteiger partial charge in [-0.2, -0.15) is 0 Å². The van der Waals surface area contributed by atoms with Crippen molar-refractivity contribution in [2.24, 2.45) is 0 Å². The summed E-state index contributed by atoms with van der Waals surface area (Å²) >= 11 is 0. The Labute approximate surface area is 438 Å². The minimum absolute atomic E-state index is 0.0478. The summed E-state index contributed by atoms with van der Waals surface area (Å²) in [5, 5.41) is 0. The third-order valence-electron chi connectivity index (χ3n) is 14.7. The largest absolute Gasteiger partial charge is 0.463 e. The van der Waals surface area contributed by atoms with Crippen LogP contribution < -0.4 is 0 Å². The van der Waals surface area contributed by atoms with Gasteiger partial charge in [-0.1, -0.05) is 285 Å². The van der Waals surface area contributed by atoms with E-state index in [1.807, 2.05) is 0 Å². The quantitative estimate of drug-likeness (QED) is 0.0334. The highest BCUT2D eigenvalue weighted by Crippen LogP contribution is 2.27. The highest BCUT2D eigenvalue weighted by molar-refractivity contribution is 5.72. The Balaban J connectivity index is 2.92. The van der Waals surface area contributed by atoms with Crippen molar-refractivity contribution in [2.45, 2.75) is 360 Å². The maximum absolute atomic E-state index is 13.6. The van der Waals surface area contributed by atoms with Gasteiger partial charge >= 0.3 is 23.9 Å². The summed E-state index contributed by atoms with van der Waals surface area (Å²) in [5.74, 6) is -1.51. The maximum atomic E-state index is 13.6. The molecular weight excluding hydrogens is 889 g/mol. The summed E-state index contributed by atoms with van der Waals surface area (Å²) in [5.41, 5.74) is 0. The van der Waals surface area contributed by atoms with E-state index < -0.39 is 36.4 Å². The van der Waals surface area contributed by atoms with Crippen LogP contribution in [0.1, 0.15) is 336 Å². The van der Waals surface area contributed by atoms with Crippen LogP contribution in [0.25, 0.3) is 0 Å². The molecule has 418 valence electrons. The highest BCUT2D eigenvalue weighted by Gasteiger charge is 2.48. The molecule has 1 saturated heterocycles. The molecule has 0 saturated carbocycles. The SMILES string of the molecule is CCCCCCCCCCCCCC(=O)OC[C@H]1OC[C@@H](OC(=O)CCCCCCCCCCCCC)[C@@H](OC(=O)CCCCCCCCCCCCC)[C@@H]1OC(=O)CCCCCCCCCCCCC. The molecular formula is C62H116O9. The summed E-state index contributed by atoms with van der Waals surface area (Å²) in [7, 11) is 0. The lowest BCUT2D eigenvalue weighted by molar-refractivity contribution is -0.233. The lowest BCUT2D eigenvalue weighted by atomic mass is 9.99. The molecule has 0 aromatic carbocycles. The van der Waals surface area contributed by atoms with Gasteiger partial charge in [-0.05, 0) is 25.7 Å². The van der Waals surface area contributed by atoms with Crippen molar-refractivity contribution in [3.8, 4) is 0 Å². The minimum atomic E-state index is -1.08. The van der Waals surface area contributed by atoms with Gasteiger partial charge in [0.2, 0.25) is 0 Å². The van der Waals surface area contributed by atoms with E-state index in [-0.39, 0.29) is 44.4 Å². The molecule has 9 heteroatoms. The van der Waals surface area contributed by atoms with E-state index in [1.165, 1.54) is 193 Å². The Morgan fingerprint density at radius 1 is 0.310 bits per heavy atom. The van der Waals surface area contributed by atoms with E-state index in [0.29, 0.717) is 19.3 Å². The minimum Gasteiger partial charge on any atom is -0.463 e. The van der Waals surface area contributed by atoms with Gasteiger partial charge in [0, 0.05) is 25.7 Å². The molecule has 0 aliphatic carbocycles. The first kappa shape index (κ1) is 66.9. The Hall–Kier alpha value is -2.16. The number of hydrogen-bond donors (Lipinski definition) is 0. The Kier molecular flexibility index (Phi) is 48.3. The average Bonchev–Trinajstić information content (AvgIpc) is 3.36. The monoisotopic (exact) mass is 1000 g/mol. The first-order valence-corrected chi connectivity index (χ1v) is 31.2. The molecule has 0 unspecified atom stereocenters. The van der Waals surface area contributed by atoms with Gasteiger partial charge in [0.05, 0.1) is 6.61 Å². The first-order valence-electron chi connectivity index (χ1n) is 31.2. The fraction of sp³-hybridized carbons (Fsp3) is 0.935. The van der Waals surface area contributed by atoms with Crippen molar-refractivity contribution in [2.75, 3.05) is 13.2 Å². The van der Waals surface area contributed by atoms with Crippen molar-refractivity contribution in [3.05, 3.63) is 0 Å². The lowest BCUT2D eigenvalue weighted by Crippen LogP contribution is -2.59. The second-order valence-electron chi connectivity index (χ2n) is 21.6. The second-order valence-corrected chi connectivity index (χ2v) is 21.6. The van der Waals surface area contributed by atoms with Crippen LogP contribution in [0.2, 0.25) is 0 Å². The summed E-state index contributed by atoms with van der Waals surface area (Å²) in [4.78, 5) is 53.7. The summed E-state index contributed by atoms with van der Waals surface area (Å²) in [6, 6.07) is 0. The number of carbonyl (C=O) groups excluding carboxylic acids is 4. The molecule has 9 nitrogen and oxygen atoms in total. The fourth-order valence-corrected chi connectivity index (χ4v) is 9.99. The number of hydrogen-bond acceptors (Lipinski definition) is 9.